The number of rotatable bonds is 16. The van der Waals surface area contributed by atoms with Crippen molar-refractivity contribution in [2.75, 3.05) is 31.7 Å². The van der Waals surface area contributed by atoms with Gasteiger partial charge >= 0.3 is 5.97 Å². The smallest absolute Gasteiger partial charge is 0.313 e. The van der Waals surface area contributed by atoms with Crippen LogP contribution in [0.3, 0.4) is 0 Å². The first-order valence-corrected chi connectivity index (χ1v) is 16.9. The number of allylic oxidation sites excluding steroid dienone is 1. The topological polar surface area (TPSA) is 135 Å². The molecule has 11 nitrogen and oxygen atoms in total. The first kappa shape index (κ1) is 35.8. The molecule has 3 aliphatic rings. The van der Waals surface area contributed by atoms with Crippen LogP contribution in [0.25, 0.3) is 0 Å². The Morgan fingerprint density at radius 1 is 1.12 bits per heavy atom. The highest BCUT2D eigenvalue weighted by molar-refractivity contribution is 6.05. The molecule has 0 aromatic heterocycles. The molecular weight excluding hydrogens is 626 g/mol. The van der Waals surface area contributed by atoms with Crippen LogP contribution < -0.4 is 15.0 Å². The number of hydrogen-bond acceptors (Lipinski definition) is 8. The molecule has 3 heterocycles. The quantitative estimate of drug-likeness (QED) is 0.202. The zero-order chi connectivity index (χ0) is 35.3. The number of benzene rings is 2. The minimum atomic E-state index is -1.31. The molecule has 3 saturated heterocycles. The Hall–Kier alpha value is -4.48. The van der Waals surface area contributed by atoms with E-state index in [1.807, 2.05) is 44.2 Å². The molecule has 1 spiro atoms. The van der Waals surface area contributed by atoms with Gasteiger partial charge in [-0.1, -0.05) is 56.3 Å². The Labute approximate surface area is 287 Å². The van der Waals surface area contributed by atoms with Crippen molar-refractivity contribution >= 4 is 29.4 Å². The maximum absolute atomic E-state index is 14.8. The number of amides is 3. The number of hydrogen-bond donors (Lipinski definition) is 2. The summed E-state index contributed by atoms with van der Waals surface area (Å²) >= 11 is 0. The van der Waals surface area contributed by atoms with E-state index in [4.69, 9.17) is 14.2 Å². The Balaban J connectivity index is 1.49. The highest BCUT2D eigenvalue weighted by Gasteiger charge is 2.76. The van der Waals surface area contributed by atoms with Gasteiger partial charge in [-0.25, -0.2) is 0 Å². The molecule has 5 rings (SSSR count). The maximum atomic E-state index is 14.8. The van der Waals surface area contributed by atoms with Crippen molar-refractivity contribution in [3.63, 3.8) is 0 Å². The van der Waals surface area contributed by atoms with E-state index in [1.54, 1.807) is 48.4 Å². The van der Waals surface area contributed by atoms with Crippen LogP contribution in [0.5, 0.6) is 5.75 Å². The fraction of sp³-hybridized carbons (Fsp3) is 0.474. The lowest BCUT2D eigenvalue weighted by atomic mass is 9.70. The van der Waals surface area contributed by atoms with Crippen molar-refractivity contribution in [3.8, 4) is 5.75 Å². The molecule has 7 atom stereocenters. The number of ether oxygens (including phenoxy) is 3. The largest absolute Gasteiger partial charge is 0.497 e. The summed E-state index contributed by atoms with van der Waals surface area (Å²) in [5.41, 5.74) is -0.0455. The van der Waals surface area contributed by atoms with Crippen LogP contribution in [0.1, 0.15) is 51.2 Å². The first-order valence-electron chi connectivity index (χ1n) is 16.9. The van der Waals surface area contributed by atoms with E-state index in [-0.39, 0.29) is 43.8 Å². The van der Waals surface area contributed by atoms with Crippen LogP contribution >= 0.6 is 0 Å². The van der Waals surface area contributed by atoms with E-state index in [2.05, 4.69) is 18.5 Å². The molecule has 3 amide bonds. The van der Waals surface area contributed by atoms with Crippen LogP contribution in [0.4, 0.5) is 5.69 Å². The van der Waals surface area contributed by atoms with Crippen molar-refractivity contribution in [1.29, 1.82) is 0 Å². The van der Waals surface area contributed by atoms with Gasteiger partial charge in [-0.15, -0.1) is 13.2 Å². The predicted molar refractivity (Wildman–Crippen MR) is 183 cm³/mol. The van der Waals surface area contributed by atoms with E-state index < -0.39 is 53.6 Å². The third-order valence-electron chi connectivity index (χ3n) is 10.0. The number of nitrogens with one attached hydrogen (secondary N) is 1. The second kappa shape index (κ2) is 15.4. The molecular formula is C38H47N3O8. The average Bonchev–Trinajstić information content (AvgIpc) is 3.76. The second-order valence-corrected chi connectivity index (χ2v) is 13.2. The van der Waals surface area contributed by atoms with Crippen molar-refractivity contribution in [2.24, 2.45) is 17.8 Å². The Morgan fingerprint density at radius 3 is 2.45 bits per heavy atom. The molecule has 2 N–H and O–H groups in total. The number of aliphatic hydroxyl groups is 1. The summed E-state index contributed by atoms with van der Waals surface area (Å²) in [4.78, 5) is 59.1. The van der Waals surface area contributed by atoms with Gasteiger partial charge in [0.25, 0.3) is 5.91 Å². The van der Waals surface area contributed by atoms with Crippen LogP contribution in [0, 0.1) is 17.8 Å². The van der Waals surface area contributed by atoms with Crippen LogP contribution in [0.15, 0.2) is 79.9 Å². The maximum Gasteiger partial charge on any atom is 0.313 e. The van der Waals surface area contributed by atoms with E-state index >= 15 is 0 Å². The van der Waals surface area contributed by atoms with Gasteiger partial charge in [0.05, 0.1) is 44.2 Å². The number of fused-ring (bicyclic) bond motifs is 1. The molecule has 2 bridgehead atoms. The van der Waals surface area contributed by atoms with Crippen molar-refractivity contribution in [1.82, 2.24) is 10.2 Å². The third kappa shape index (κ3) is 6.87. The SMILES string of the molecule is C=CCCC(=O)NC[C@@H](OC(=O)[C@@H]1[C@@H]2CC[C@]3(O2)[C@H](C(=O)N(CC=C)c2ccc(OC)cc2)N([C@@H](CO)C(C)C)C(=O)[C@@H]13)c1ccccc1. The number of likely N-dealkylation sites (tertiary alicyclic amines) is 1. The van der Waals surface area contributed by atoms with E-state index in [9.17, 15) is 24.3 Å². The molecule has 11 heteroatoms. The fourth-order valence-corrected chi connectivity index (χ4v) is 7.62. The lowest BCUT2D eigenvalue weighted by molar-refractivity contribution is -0.161. The summed E-state index contributed by atoms with van der Waals surface area (Å²) in [5.74, 6) is -3.21. The van der Waals surface area contributed by atoms with Crippen LogP contribution in [0.2, 0.25) is 0 Å². The molecule has 0 radical (unpaired) electrons. The van der Waals surface area contributed by atoms with Gasteiger partial charge in [0, 0.05) is 18.7 Å². The number of anilines is 1. The van der Waals surface area contributed by atoms with Crippen molar-refractivity contribution in [2.45, 2.75) is 69.4 Å². The minimum Gasteiger partial charge on any atom is -0.497 e. The minimum absolute atomic E-state index is 0.0409. The molecule has 49 heavy (non-hydrogen) atoms. The standard InChI is InChI=1S/C38H47N3O8/c1-6-8-14-31(43)39-22-30(25-12-10-9-11-13-25)48-37(46)32-29-19-20-38(49-29)33(32)35(44)41(28(23-42)24(3)4)34(38)36(45)40(21-7-2)26-15-17-27(47-5)18-16-26/h6-7,9-13,15-18,24,28-30,32-34,42H,1-2,8,14,19-23H2,3-5H3,(H,39,43)/t28-,29-,30+,32+,33+,34-,38+/m0/s1. The van der Waals surface area contributed by atoms with E-state index in [0.717, 1.165) is 0 Å². The summed E-state index contributed by atoms with van der Waals surface area (Å²) in [6, 6.07) is 14.3. The van der Waals surface area contributed by atoms with E-state index in [0.29, 0.717) is 36.3 Å². The highest BCUT2D eigenvalue weighted by Crippen LogP contribution is 2.59. The van der Waals surface area contributed by atoms with Crippen LogP contribution in [-0.4, -0.2) is 84.3 Å². The molecule has 262 valence electrons. The predicted octanol–water partition coefficient (Wildman–Crippen LogP) is 3.97. The Kier molecular flexibility index (Phi) is 11.2. The van der Waals surface area contributed by atoms with Crippen LogP contribution in [-0.2, 0) is 28.7 Å². The molecule has 3 aliphatic heterocycles. The highest BCUT2D eigenvalue weighted by atomic mass is 16.6. The lowest BCUT2D eigenvalue weighted by Gasteiger charge is -2.40. The second-order valence-electron chi connectivity index (χ2n) is 13.2. The Morgan fingerprint density at radius 2 is 1.84 bits per heavy atom. The van der Waals surface area contributed by atoms with Gasteiger partial charge in [0.15, 0.2) is 0 Å². The first-order chi connectivity index (χ1) is 23.6. The summed E-state index contributed by atoms with van der Waals surface area (Å²) < 4.78 is 18.1. The monoisotopic (exact) mass is 673 g/mol. The van der Waals surface area contributed by atoms with Gasteiger partial charge in [-0.3, -0.25) is 19.2 Å². The van der Waals surface area contributed by atoms with Gasteiger partial charge in [0.2, 0.25) is 11.8 Å². The number of esters is 1. The normalized spacial score (nSPS) is 25.0. The zero-order valence-corrected chi connectivity index (χ0v) is 28.5. The molecule has 2 aromatic rings. The van der Waals surface area contributed by atoms with Crippen molar-refractivity contribution in [3.05, 3.63) is 85.5 Å². The fourth-order valence-electron chi connectivity index (χ4n) is 7.62. The zero-order valence-electron chi connectivity index (χ0n) is 28.5. The third-order valence-corrected chi connectivity index (χ3v) is 10.0. The van der Waals surface area contributed by atoms with Gasteiger partial charge in [-0.05, 0) is 55.0 Å². The molecule has 0 unspecified atom stereocenters. The summed E-state index contributed by atoms with van der Waals surface area (Å²) in [6.45, 7) is 11.1. The summed E-state index contributed by atoms with van der Waals surface area (Å²) in [7, 11) is 1.56. The average molecular weight is 674 g/mol. The van der Waals surface area contributed by atoms with Gasteiger partial charge < -0.3 is 34.4 Å². The van der Waals surface area contributed by atoms with Gasteiger partial charge in [-0.2, -0.15) is 0 Å². The number of nitrogens with zero attached hydrogens (tertiary/aromatic N) is 2. The Bertz CT molecular complexity index is 1530. The number of carbonyl (C=O) groups is 4. The molecule has 3 fully saturated rings. The number of methoxy groups -OCH3 is 1. The number of carbonyl (C=O) groups excluding carboxylic acids is 4. The summed E-state index contributed by atoms with van der Waals surface area (Å²) in [5, 5.41) is 13.4. The molecule has 0 saturated carbocycles. The summed E-state index contributed by atoms with van der Waals surface area (Å²) in [6.07, 6.45) is 3.41. The van der Waals surface area contributed by atoms with Crippen molar-refractivity contribution < 1.29 is 38.5 Å². The van der Waals surface area contributed by atoms with E-state index in [1.165, 1.54) is 4.90 Å². The number of aliphatic hydroxyl groups excluding tert-OH is 1. The van der Waals surface area contributed by atoms with Gasteiger partial charge in [0.1, 0.15) is 23.5 Å². The molecule has 0 aliphatic carbocycles. The molecule has 2 aromatic carbocycles. The lowest BCUT2D eigenvalue weighted by Crippen LogP contribution is -2.59.